The maximum atomic E-state index is 11.8. The van der Waals surface area contributed by atoms with Crippen molar-refractivity contribution in [3.63, 3.8) is 0 Å². The summed E-state index contributed by atoms with van der Waals surface area (Å²) in [6, 6.07) is 3.66. The van der Waals surface area contributed by atoms with Gasteiger partial charge >= 0.3 is 0 Å². The predicted octanol–water partition coefficient (Wildman–Crippen LogP) is 3.46. The fraction of sp³-hybridized carbons (Fsp3) is 0.500. The van der Waals surface area contributed by atoms with Crippen LogP contribution in [0.25, 0.3) is 0 Å². The topological polar surface area (TPSA) is 46.2 Å². The van der Waals surface area contributed by atoms with Crippen LogP contribution in [0.15, 0.2) is 16.6 Å². The first-order valence-corrected chi connectivity index (χ1v) is 7.93. The van der Waals surface area contributed by atoms with Gasteiger partial charge in [0.25, 0.3) is 0 Å². The zero-order valence-electron chi connectivity index (χ0n) is 10.5. The second-order valence-electron chi connectivity index (χ2n) is 4.70. The highest BCUT2D eigenvalue weighted by Gasteiger charge is 2.13. The van der Waals surface area contributed by atoms with Crippen LogP contribution in [0.3, 0.4) is 0 Å². The zero-order chi connectivity index (χ0) is 13.2. The van der Waals surface area contributed by atoms with Gasteiger partial charge < -0.3 is 0 Å². The first-order chi connectivity index (χ1) is 7.71. The average molecular weight is 320 g/mol. The maximum Gasteiger partial charge on any atom is 0.232 e. The molecule has 96 valence electrons. The molecule has 0 radical (unpaired) electrons. The molecule has 0 unspecified atom stereocenters. The predicted molar refractivity (Wildman–Crippen MR) is 75.9 cm³/mol. The number of halogens is 1. The minimum Gasteiger partial charge on any atom is -0.284 e. The Labute approximate surface area is 112 Å². The Kier molecular flexibility index (Phi) is 4.61. The largest absolute Gasteiger partial charge is 0.284 e. The fourth-order valence-corrected chi connectivity index (χ4v) is 3.33. The summed E-state index contributed by atoms with van der Waals surface area (Å²) in [6.07, 6.45) is 0. The summed E-state index contributed by atoms with van der Waals surface area (Å²) in [5.41, 5.74) is 2.67. The van der Waals surface area contributed by atoms with E-state index in [2.05, 4.69) is 20.7 Å². The number of anilines is 1. The number of hydrogen-bond donors (Lipinski definition) is 1. The standard InChI is InChI=1S/C12H18BrNO2S/c1-8(2)7-17(15,16)14-11-5-9(3)12(13)10(4)6-11/h5-6,8,14H,7H2,1-4H3. The molecular formula is C12H18BrNO2S. The maximum absolute atomic E-state index is 11.8. The van der Waals surface area contributed by atoms with E-state index in [1.807, 2.05) is 39.8 Å². The number of hydrogen-bond acceptors (Lipinski definition) is 2. The molecule has 0 saturated heterocycles. The monoisotopic (exact) mass is 319 g/mol. The van der Waals surface area contributed by atoms with E-state index in [0.29, 0.717) is 5.69 Å². The third-order valence-corrected chi connectivity index (χ3v) is 5.17. The van der Waals surface area contributed by atoms with E-state index in [1.54, 1.807) is 0 Å². The third-order valence-electron chi connectivity index (χ3n) is 2.26. The number of nitrogens with one attached hydrogen (secondary N) is 1. The highest BCUT2D eigenvalue weighted by atomic mass is 79.9. The van der Waals surface area contributed by atoms with Gasteiger partial charge in [0.15, 0.2) is 0 Å². The van der Waals surface area contributed by atoms with Gasteiger partial charge in [-0.2, -0.15) is 0 Å². The normalized spacial score (nSPS) is 11.9. The molecule has 1 aromatic rings. The molecule has 0 bridgehead atoms. The van der Waals surface area contributed by atoms with Crippen molar-refractivity contribution in [2.45, 2.75) is 27.7 Å². The van der Waals surface area contributed by atoms with Crippen LogP contribution < -0.4 is 4.72 Å². The van der Waals surface area contributed by atoms with Crippen LogP contribution in [-0.2, 0) is 10.0 Å². The Balaban J connectivity index is 2.97. The van der Waals surface area contributed by atoms with Crippen molar-refractivity contribution in [2.24, 2.45) is 5.92 Å². The highest BCUT2D eigenvalue weighted by Crippen LogP contribution is 2.25. The van der Waals surface area contributed by atoms with Gasteiger partial charge in [-0.25, -0.2) is 8.42 Å². The van der Waals surface area contributed by atoms with Crippen molar-refractivity contribution in [3.8, 4) is 0 Å². The molecule has 0 aliphatic rings. The van der Waals surface area contributed by atoms with Crippen molar-refractivity contribution >= 4 is 31.6 Å². The lowest BCUT2D eigenvalue weighted by Crippen LogP contribution is -2.20. The van der Waals surface area contributed by atoms with Crippen molar-refractivity contribution in [2.75, 3.05) is 10.5 Å². The molecule has 0 fully saturated rings. The Morgan fingerprint density at radius 3 is 2.12 bits per heavy atom. The van der Waals surface area contributed by atoms with Crippen molar-refractivity contribution < 1.29 is 8.42 Å². The van der Waals surface area contributed by atoms with E-state index in [0.717, 1.165) is 15.6 Å². The Morgan fingerprint density at radius 2 is 1.71 bits per heavy atom. The molecular weight excluding hydrogens is 302 g/mol. The summed E-state index contributed by atoms with van der Waals surface area (Å²) >= 11 is 3.46. The van der Waals surface area contributed by atoms with Gasteiger partial charge in [0.05, 0.1) is 5.75 Å². The Morgan fingerprint density at radius 1 is 1.24 bits per heavy atom. The number of aryl methyl sites for hydroxylation is 2. The van der Waals surface area contributed by atoms with Gasteiger partial charge in [-0.05, 0) is 43.0 Å². The van der Waals surface area contributed by atoms with E-state index in [1.165, 1.54) is 0 Å². The van der Waals surface area contributed by atoms with Crippen LogP contribution >= 0.6 is 15.9 Å². The molecule has 5 heteroatoms. The lowest BCUT2D eigenvalue weighted by atomic mass is 10.1. The van der Waals surface area contributed by atoms with E-state index < -0.39 is 10.0 Å². The van der Waals surface area contributed by atoms with Gasteiger partial charge in [0, 0.05) is 10.2 Å². The van der Waals surface area contributed by atoms with E-state index >= 15 is 0 Å². The molecule has 1 N–H and O–H groups in total. The molecule has 17 heavy (non-hydrogen) atoms. The summed E-state index contributed by atoms with van der Waals surface area (Å²) < 4.78 is 27.2. The van der Waals surface area contributed by atoms with Crippen LogP contribution in [0.2, 0.25) is 0 Å². The SMILES string of the molecule is Cc1cc(NS(=O)(=O)CC(C)C)cc(C)c1Br. The molecule has 0 atom stereocenters. The van der Waals surface area contributed by atoms with Crippen LogP contribution in [0, 0.1) is 19.8 Å². The molecule has 0 saturated carbocycles. The Bertz CT molecular complexity index is 486. The van der Waals surface area contributed by atoms with Crippen LogP contribution in [0.1, 0.15) is 25.0 Å². The van der Waals surface area contributed by atoms with Crippen molar-refractivity contribution in [1.29, 1.82) is 0 Å². The number of sulfonamides is 1. The summed E-state index contributed by atoms with van der Waals surface area (Å²) in [6.45, 7) is 7.66. The third kappa shape index (κ3) is 4.32. The van der Waals surface area contributed by atoms with Gasteiger partial charge in [-0.1, -0.05) is 29.8 Å². The highest BCUT2D eigenvalue weighted by molar-refractivity contribution is 9.10. The quantitative estimate of drug-likeness (QED) is 0.923. The molecule has 0 aliphatic carbocycles. The minimum absolute atomic E-state index is 0.116. The van der Waals surface area contributed by atoms with Gasteiger partial charge in [0.1, 0.15) is 0 Å². The summed E-state index contributed by atoms with van der Waals surface area (Å²) in [7, 11) is -3.25. The molecule has 0 spiro atoms. The van der Waals surface area contributed by atoms with Crippen LogP contribution in [0.5, 0.6) is 0 Å². The summed E-state index contributed by atoms with van der Waals surface area (Å²) in [4.78, 5) is 0. The fourth-order valence-electron chi connectivity index (χ4n) is 1.66. The lowest BCUT2D eigenvalue weighted by molar-refractivity contribution is 0.587. The van der Waals surface area contributed by atoms with Crippen molar-refractivity contribution in [3.05, 3.63) is 27.7 Å². The minimum atomic E-state index is -3.25. The first-order valence-electron chi connectivity index (χ1n) is 5.48. The van der Waals surface area contributed by atoms with E-state index in [9.17, 15) is 8.42 Å². The van der Waals surface area contributed by atoms with Gasteiger partial charge in [-0.3, -0.25) is 4.72 Å². The molecule has 1 aromatic carbocycles. The molecule has 0 heterocycles. The molecule has 1 rings (SSSR count). The number of rotatable bonds is 4. The summed E-state index contributed by atoms with van der Waals surface area (Å²) in [5, 5.41) is 0. The average Bonchev–Trinajstić information content (AvgIpc) is 2.10. The zero-order valence-corrected chi connectivity index (χ0v) is 12.9. The molecule has 0 aliphatic heterocycles. The summed E-state index contributed by atoms with van der Waals surface area (Å²) in [5.74, 6) is 0.256. The van der Waals surface area contributed by atoms with Crippen LogP contribution in [-0.4, -0.2) is 14.2 Å². The lowest BCUT2D eigenvalue weighted by Gasteiger charge is -2.12. The van der Waals surface area contributed by atoms with Gasteiger partial charge in [0.2, 0.25) is 10.0 Å². The second kappa shape index (κ2) is 5.40. The van der Waals surface area contributed by atoms with Crippen molar-refractivity contribution in [1.82, 2.24) is 0 Å². The smallest absolute Gasteiger partial charge is 0.232 e. The molecule has 3 nitrogen and oxygen atoms in total. The molecule has 0 amide bonds. The van der Waals surface area contributed by atoms with Crippen LogP contribution in [0.4, 0.5) is 5.69 Å². The first kappa shape index (κ1) is 14.5. The second-order valence-corrected chi connectivity index (χ2v) is 7.26. The Hall–Kier alpha value is -0.550. The van der Waals surface area contributed by atoms with E-state index in [-0.39, 0.29) is 11.7 Å². The molecule has 0 aromatic heterocycles. The number of benzene rings is 1. The van der Waals surface area contributed by atoms with Gasteiger partial charge in [-0.15, -0.1) is 0 Å². The van der Waals surface area contributed by atoms with E-state index in [4.69, 9.17) is 0 Å².